The van der Waals surface area contributed by atoms with Crippen LogP contribution in [0.3, 0.4) is 0 Å². The maximum atomic E-state index is 5.06. The number of rotatable bonds is 3. The van der Waals surface area contributed by atoms with E-state index in [2.05, 4.69) is 29.0 Å². The standard InChI is InChI=1S/C14H20N4S2/c1-8(2)10-11(12-16-14(19)18-17-12)20-13(15-10)9-6-4-3-5-7-9/h8-9H,3-7H2,1-2H3,(H2,16,17,18,19). The van der Waals surface area contributed by atoms with Gasteiger partial charge in [-0.2, -0.15) is 4.98 Å². The molecule has 1 fully saturated rings. The van der Waals surface area contributed by atoms with E-state index in [0.717, 1.165) is 16.4 Å². The van der Waals surface area contributed by atoms with Crippen LogP contribution in [0.1, 0.15) is 68.5 Å². The normalized spacial score (nSPS) is 16.9. The molecule has 0 aromatic carbocycles. The molecule has 0 unspecified atom stereocenters. The van der Waals surface area contributed by atoms with Gasteiger partial charge in [-0.05, 0) is 31.0 Å². The summed E-state index contributed by atoms with van der Waals surface area (Å²) >= 11 is 6.85. The first-order valence-electron chi connectivity index (χ1n) is 7.31. The van der Waals surface area contributed by atoms with Crippen LogP contribution in [-0.4, -0.2) is 20.2 Å². The number of nitrogens with one attached hydrogen (secondary N) is 2. The predicted octanol–water partition coefficient (Wildman–Crippen LogP) is 4.76. The molecule has 4 nitrogen and oxygen atoms in total. The van der Waals surface area contributed by atoms with Crippen molar-refractivity contribution in [2.75, 3.05) is 0 Å². The summed E-state index contributed by atoms with van der Waals surface area (Å²) in [6.45, 7) is 4.37. The van der Waals surface area contributed by atoms with Crippen LogP contribution in [0.5, 0.6) is 0 Å². The third kappa shape index (κ3) is 2.72. The van der Waals surface area contributed by atoms with E-state index in [4.69, 9.17) is 17.2 Å². The Kier molecular flexibility index (Phi) is 4.03. The smallest absolute Gasteiger partial charge is 0.213 e. The summed E-state index contributed by atoms with van der Waals surface area (Å²) in [7, 11) is 0. The minimum atomic E-state index is 0.400. The first kappa shape index (κ1) is 13.9. The van der Waals surface area contributed by atoms with Crippen molar-refractivity contribution in [3.05, 3.63) is 15.5 Å². The van der Waals surface area contributed by atoms with E-state index in [9.17, 15) is 0 Å². The molecule has 1 aliphatic carbocycles. The van der Waals surface area contributed by atoms with Crippen molar-refractivity contribution in [3.63, 3.8) is 0 Å². The molecule has 0 aliphatic heterocycles. The van der Waals surface area contributed by atoms with Crippen LogP contribution in [0, 0.1) is 4.77 Å². The van der Waals surface area contributed by atoms with Crippen molar-refractivity contribution in [2.45, 2.75) is 57.8 Å². The van der Waals surface area contributed by atoms with Crippen molar-refractivity contribution in [1.82, 2.24) is 20.2 Å². The fraction of sp³-hybridized carbons (Fsp3) is 0.643. The Morgan fingerprint density at radius 1 is 1.15 bits per heavy atom. The first-order valence-corrected chi connectivity index (χ1v) is 8.53. The molecule has 1 aliphatic rings. The molecule has 6 heteroatoms. The van der Waals surface area contributed by atoms with Gasteiger partial charge in [-0.1, -0.05) is 33.1 Å². The molecule has 2 N–H and O–H groups in total. The molecular formula is C14H20N4S2. The van der Waals surface area contributed by atoms with Gasteiger partial charge >= 0.3 is 0 Å². The van der Waals surface area contributed by atoms with Gasteiger partial charge in [0, 0.05) is 5.92 Å². The maximum Gasteiger partial charge on any atom is 0.213 e. The summed E-state index contributed by atoms with van der Waals surface area (Å²) in [6, 6.07) is 0. The molecule has 0 radical (unpaired) electrons. The zero-order chi connectivity index (χ0) is 14.1. The molecule has 1 saturated carbocycles. The Labute approximate surface area is 128 Å². The molecule has 108 valence electrons. The number of aromatic amines is 2. The minimum Gasteiger partial charge on any atom is -0.281 e. The molecule has 20 heavy (non-hydrogen) atoms. The van der Waals surface area contributed by atoms with Gasteiger partial charge < -0.3 is 0 Å². The van der Waals surface area contributed by atoms with Gasteiger partial charge in [0.05, 0.1) is 15.6 Å². The van der Waals surface area contributed by atoms with Crippen LogP contribution in [0.2, 0.25) is 0 Å². The number of H-pyrrole nitrogens is 2. The minimum absolute atomic E-state index is 0.400. The third-order valence-corrected chi connectivity index (χ3v) is 5.32. The first-order chi connectivity index (χ1) is 9.65. The van der Waals surface area contributed by atoms with E-state index in [1.807, 2.05) is 0 Å². The zero-order valence-corrected chi connectivity index (χ0v) is 13.5. The van der Waals surface area contributed by atoms with Crippen molar-refractivity contribution >= 4 is 23.6 Å². The number of hydrogen-bond acceptors (Lipinski definition) is 4. The average Bonchev–Trinajstić information content (AvgIpc) is 3.05. The summed E-state index contributed by atoms with van der Waals surface area (Å²) in [5.74, 6) is 1.87. The van der Waals surface area contributed by atoms with E-state index in [-0.39, 0.29) is 0 Å². The van der Waals surface area contributed by atoms with E-state index >= 15 is 0 Å². The second-order valence-electron chi connectivity index (χ2n) is 5.77. The molecule has 0 atom stereocenters. The second kappa shape index (κ2) is 5.77. The predicted molar refractivity (Wildman–Crippen MR) is 84.8 cm³/mol. The lowest BCUT2D eigenvalue weighted by Crippen LogP contribution is -2.04. The molecule has 2 heterocycles. The zero-order valence-electron chi connectivity index (χ0n) is 11.9. The molecule has 0 bridgehead atoms. The van der Waals surface area contributed by atoms with Gasteiger partial charge in [-0.25, -0.2) is 4.98 Å². The Morgan fingerprint density at radius 2 is 1.90 bits per heavy atom. The van der Waals surface area contributed by atoms with Crippen LogP contribution < -0.4 is 0 Å². The topological polar surface area (TPSA) is 57.4 Å². The Morgan fingerprint density at radius 3 is 2.50 bits per heavy atom. The highest BCUT2D eigenvalue weighted by atomic mass is 32.1. The summed E-state index contributed by atoms with van der Waals surface area (Å²) < 4.78 is 0.502. The van der Waals surface area contributed by atoms with Crippen LogP contribution >= 0.6 is 23.6 Å². The number of thiazole rings is 1. The average molecular weight is 308 g/mol. The van der Waals surface area contributed by atoms with Gasteiger partial charge in [-0.15, -0.1) is 11.3 Å². The Hall–Kier alpha value is -1.01. The van der Waals surface area contributed by atoms with E-state index < -0.39 is 0 Å². The molecule has 2 aromatic rings. The van der Waals surface area contributed by atoms with E-state index in [0.29, 0.717) is 16.6 Å². The quantitative estimate of drug-likeness (QED) is 0.804. The lowest BCUT2D eigenvalue weighted by molar-refractivity contribution is 0.441. The van der Waals surface area contributed by atoms with Crippen LogP contribution in [-0.2, 0) is 0 Å². The monoisotopic (exact) mass is 308 g/mol. The molecule has 0 spiro atoms. The van der Waals surface area contributed by atoms with E-state index in [1.54, 1.807) is 11.3 Å². The maximum absolute atomic E-state index is 5.06. The SMILES string of the molecule is CC(C)c1nc(C2CCCCC2)sc1-c1nc(=S)[nH][nH]1. The van der Waals surface area contributed by atoms with Crippen molar-refractivity contribution in [1.29, 1.82) is 0 Å². The van der Waals surface area contributed by atoms with Crippen molar-refractivity contribution in [3.8, 4) is 10.7 Å². The molecular weight excluding hydrogens is 288 g/mol. The van der Waals surface area contributed by atoms with Crippen molar-refractivity contribution in [2.24, 2.45) is 0 Å². The van der Waals surface area contributed by atoms with Crippen LogP contribution in [0.4, 0.5) is 0 Å². The summed E-state index contributed by atoms with van der Waals surface area (Å²) in [5, 5.41) is 7.23. The van der Waals surface area contributed by atoms with Crippen LogP contribution in [0.25, 0.3) is 10.7 Å². The molecule has 0 saturated heterocycles. The largest absolute Gasteiger partial charge is 0.281 e. The highest BCUT2D eigenvalue weighted by Gasteiger charge is 2.24. The number of hydrogen-bond donors (Lipinski definition) is 2. The number of nitrogens with zero attached hydrogens (tertiary/aromatic N) is 2. The second-order valence-corrected chi connectivity index (χ2v) is 7.19. The van der Waals surface area contributed by atoms with Gasteiger partial charge in [0.15, 0.2) is 5.82 Å². The van der Waals surface area contributed by atoms with Gasteiger partial charge in [-0.3, -0.25) is 10.2 Å². The summed E-state index contributed by atoms with van der Waals surface area (Å²) in [4.78, 5) is 10.4. The van der Waals surface area contributed by atoms with Gasteiger partial charge in [0.2, 0.25) is 4.77 Å². The van der Waals surface area contributed by atoms with Crippen molar-refractivity contribution < 1.29 is 0 Å². The number of aromatic nitrogens is 4. The third-order valence-electron chi connectivity index (χ3n) is 3.89. The fourth-order valence-corrected chi connectivity index (χ4v) is 4.29. The highest BCUT2D eigenvalue weighted by molar-refractivity contribution is 7.71. The van der Waals surface area contributed by atoms with Gasteiger partial charge in [0.25, 0.3) is 0 Å². The lowest BCUT2D eigenvalue weighted by atomic mass is 9.90. The Bertz CT molecular complexity index is 632. The highest BCUT2D eigenvalue weighted by Crippen LogP contribution is 2.40. The lowest BCUT2D eigenvalue weighted by Gasteiger charge is -2.18. The summed E-state index contributed by atoms with van der Waals surface area (Å²) in [6.07, 6.45) is 6.60. The fourth-order valence-electron chi connectivity index (χ4n) is 2.81. The Balaban J connectivity index is 1.99. The molecule has 0 amide bonds. The molecule has 2 aromatic heterocycles. The molecule has 3 rings (SSSR count). The summed E-state index contributed by atoms with van der Waals surface area (Å²) in [5.41, 5.74) is 1.15. The van der Waals surface area contributed by atoms with E-state index in [1.165, 1.54) is 37.1 Å². The van der Waals surface area contributed by atoms with Gasteiger partial charge in [0.1, 0.15) is 0 Å². The van der Waals surface area contributed by atoms with Crippen LogP contribution in [0.15, 0.2) is 0 Å².